The van der Waals surface area contributed by atoms with Gasteiger partial charge in [0.25, 0.3) is 0 Å². The summed E-state index contributed by atoms with van der Waals surface area (Å²) in [6.07, 6.45) is 0.176. The Kier molecular flexibility index (Phi) is 1.88. The summed E-state index contributed by atoms with van der Waals surface area (Å²) in [5, 5.41) is 9.72. The third-order valence-electron chi connectivity index (χ3n) is 2.90. The summed E-state index contributed by atoms with van der Waals surface area (Å²) in [7, 11) is 0. The van der Waals surface area contributed by atoms with E-state index < -0.39 is 6.10 Å². The molecule has 0 spiro atoms. The van der Waals surface area contributed by atoms with Crippen LogP contribution in [0.1, 0.15) is 29.7 Å². The molecule has 70 valence electrons. The van der Waals surface area contributed by atoms with Crippen molar-refractivity contribution in [2.24, 2.45) is 5.92 Å². The van der Waals surface area contributed by atoms with Crippen molar-refractivity contribution in [3.05, 3.63) is 34.6 Å². The lowest BCUT2D eigenvalue weighted by Crippen LogP contribution is -2.02. The monoisotopic (exact) mass is 180 g/mol. The van der Waals surface area contributed by atoms with Gasteiger partial charge < -0.3 is 5.11 Å². The molecule has 2 rings (SSSR count). The van der Waals surface area contributed by atoms with E-state index in [2.05, 4.69) is 0 Å². The van der Waals surface area contributed by atoms with Crippen LogP contribution in [0, 0.1) is 18.7 Å². The normalized spacial score (nSPS) is 26.2. The molecule has 0 aromatic heterocycles. The molecule has 2 heteroatoms. The van der Waals surface area contributed by atoms with Crippen molar-refractivity contribution >= 4 is 0 Å². The van der Waals surface area contributed by atoms with E-state index in [1.54, 1.807) is 6.07 Å². The van der Waals surface area contributed by atoms with Gasteiger partial charge in [-0.2, -0.15) is 0 Å². The maximum absolute atomic E-state index is 13.3. The summed E-state index contributed by atoms with van der Waals surface area (Å²) in [5.41, 5.74) is 2.60. The van der Waals surface area contributed by atoms with E-state index in [-0.39, 0.29) is 11.7 Å². The van der Waals surface area contributed by atoms with Gasteiger partial charge in [0.2, 0.25) is 0 Å². The number of aryl methyl sites for hydroxylation is 1. The highest BCUT2D eigenvalue weighted by Gasteiger charge is 2.31. The molecule has 0 heterocycles. The predicted molar refractivity (Wildman–Crippen MR) is 49.0 cm³/mol. The van der Waals surface area contributed by atoms with Gasteiger partial charge in [0.15, 0.2) is 0 Å². The van der Waals surface area contributed by atoms with Crippen LogP contribution in [0.2, 0.25) is 0 Å². The minimum absolute atomic E-state index is 0.144. The maximum Gasteiger partial charge on any atom is 0.129 e. The molecule has 0 amide bonds. The lowest BCUT2D eigenvalue weighted by Gasteiger charge is -2.09. The van der Waals surface area contributed by atoms with Crippen LogP contribution in [0.5, 0.6) is 0 Å². The number of hydrogen-bond acceptors (Lipinski definition) is 1. The Labute approximate surface area is 77.2 Å². The summed E-state index contributed by atoms with van der Waals surface area (Å²) in [5.74, 6) is -0.122. The fourth-order valence-electron chi connectivity index (χ4n) is 2.05. The van der Waals surface area contributed by atoms with Crippen molar-refractivity contribution in [3.63, 3.8) is 0 Å². The maximum atomic E-state index is 13.3. The van der Waals surface area contributed by atoms with Crippen LogP contribution in [-0.2, 0) is 6.42 Å². The second-order valence-corrected chi connectivity index (χ2v) is 3.88. The second-order valence-electron chi connectivity index (χ2n) is 3.88. The van der Waals surface area contributed by atoms with Gasteiger partial charge in [0.05, 0.1) is 6.10 Å². The van der Waals surface area contributed by atoms with Crippen LogP contribution in [-0.4, -0.2) is 5.11 Å². The molecule has 1 aliphatic rings. The topological polar surface area (TPSA) is 20.2 Å². The Hall–Kier alpha value is -0.890. The van der Waals surface area contributed by atoms with Gasteiger partial charge in [-0.3, -0.25) is 0 Å². The molecule has 0 fully saturated rings. The molecule has 0 bridgehead atoms. The largest absolute Gasteiger partial charge is 0.388 e. The van der Waals surface area contributed by atoms with E-state index in [4.69, 9.17) is 0 Å². The van der Waals surface area contributed by atoms with E-state index in [0.29, 0.717) is 5.56 Å². The molecule has 1 aliphatic carbocycles. The highest BCUT2D eigenvalue weighted by Crippen LogP contribution is 2.38. The molecule has 0 saturated heterocycles. The number of aliphatic hydroxyl groups excluding tert-OH is 1. The molecule has 0 radical (unpaired) electrons. The standard InChI is InChI=1S/C11H13FO/c1-6-3-4-9(12)10-8(6)5-7(2)11(10)13/h3-4,7,11,13H,5H2,1-2H3. The number of aliphatic hydroxyl groups is 1. The molecule has 1 nitrogen and oxygen atoms in total. The fraction of sp³-hybridized carbons (Fsp3) is 0.455. The zero-order chi connectivity index (χ0) is 9.59. The van der Waals surface area contributed by atoms with Crippen LogP contribution in [0.3, 0.4) is 0 Å². The van der Waals surface area contributed by atoms with Crippen molar-refractivity contribution in [3.8, 4) is 0 Å². The number of hydrogen-bond donors (Lipinski definition) is 1. The first kappa shape index (κ1) is 8.70. The first-order valence-corrected chi connectivity index (χ1v) is 4.57. The van der Waals surface area contributed by atoms with Crippen molar-refractivity contribution in [1.29, 1.82) is 0 Å². The zero-order valence-corrected chi connectivity index (χ0v) is 7.84. The second kappa shape index (κ2) is 2.81. The SMILES string of the molecule is Cc1ccc(F)c2c1CC(C)C2O. The van der Waals surface area contributed by atoms with Gasteiger partial charge in [0.1, 0.15) is 5.82 Å². The van der Waals surface area contributed by atoms with E-state index in [9.17, 15) is 9.50 Å². The average molecular weight is 180 g/mol. The van der Waals surface area contributed by atoms with Crippen molar-refractivity contribution in [2.75, 3.05) is 0 Å². The first-order chi connectivity index (χ1) is 6.11. The highest BCUT2D eigenvalue weighted by atomic mass is 19.1. The van der Waals surface area contributed by atoms with Crippen molar-refractivity contribution < 1.29 is 9.50 Å². The first-order valence-electron chi connectivity index (χ1n) is 4.57. The van der Waals surface area contributed by atoms with Crippen LogP contribution in [0.4, 0.5) is 4.39 Å². The Bertz CT molecular complexity index is 346. The minimum atomic E-state index is -0.616. The Morgan fingerprint density at radius 2 is 2.15 bits per heavy atom. The zero-order valence-electron chi connectivity index (χ0n) is 7.84. The van der Waals surface area contributed by atoms with Gasteiger partial charge >= 0.3 is 0 Å². The smallest absolute Gasteiger partial charge is 0.129 e. The molecule has 13 heavy (non-hydrogen) atoms. The minimum Gasteiger partial charge on any atom is -0.388 e. The van der Waals surface area contributed by atoms with Crippen LogP contribution < -0.4 is 0 Å². The molecular formula is C11H13FO. The Morgan fingerprint density at radius 1 is 1.46 bits per heavy atom. The third kappa shape index (κ3) is 1.17. The molecular weight excluding hydrogens is 167 g/mol. The van der Waals surface area contributed by atoms with E-state index >= 15 is 0 Å². The summed E-state index contributed by atoms with van der Waals surface area (Å²) < 4.78 is 13.3. The Balaban J connectivity index is 2.61. The molecule has 0 aliphatic heterocycles. The van der Waals surface area contributed by atoms with Crippen LogP contribution in [0.25, 0.3) is 0 Å². The number of benzene rings is 1. The van der Waals surface area contributed by atoms with E-state index in [1.807, 2.05) is 13.8 Å². The van der Waals surface area contributed by atoms with Gasteiger partial charge in [-0.05, 0) is 36.5 Å². The third-order valence-corrected chi connectivity index (χ3v) is 2.90. The summed E-state index contributed by atoms with van der Waals surface area (Å²) >= 11 is 0. The molecule has 1 aromatic rings. The van der Waals surface area contributed by atoms with Gasteiger partial charge in [-0.15, -0.1) is 0 Å². The van der Waals surface area contributed by atoms with Crippen molar-refractivity contribution in [1.82, 2.24) is 0 Å². The van der Waals surface area contributed by atoms with Crippen molar-refractivity contribution in [2.45, 2.75) is 26.4 Å². The number of halogens is 1. The average Bonchev–Trinajstić information content (AvgIpc) is 2.38. The molecule has 0 saturated carbocycles. The van der Waals surface area contributed by atoms with Gasteiger partial charge in [-0.1, -0.05) is 13.0 Å². The lowest BCUT2D eigenvalue weighted by atomic mass is 10.0. The summed E-state index contributed by atoms with van der Waals surface area (Å²) in [6, 6.07) is 3.22. The quantitative estimate of drug-likeness (QED) is 0.649. The van der Waals surface area contributed by atoms with Crippen LogP contribution >= 0.6 is 0 Å². The van der Waals surface area contributed by atoms with E-state index in [1.165, 1.54) is 6.07 Å². The Morgan fingerprint density at radius 3 is 2.77 bits per heavy atom. The van der Waals surface area contributed by atoms with Gasteiger partial charge in [-0.25, -0.2) is 4.39 Å². The predicted octanol–water partition coefficient (Wildman–Crippen LogP) is 2.36. The molecule has 1 aromatic carbocycles. The van der Waals surface area contributed by atoms with Gasteiger partial charge in [0, 0.05) is 5.56 Å². The molecule has 2 atom stereocenters. The lowest BCUT2D eigenvalue weighted by molar-refractivity contribution is 0.129. The van der Waals surface area contributed by atoms with E-state index in [0.717, 1.165) is 17.5 Å². The summed E-state index contributed by atoms with van der Waals surface area (Å²) in [4.78, 5) is 0. The van der Waals surface area contributed by atoms with Crippen LogP contribution in [0.15, 0.2) is 12.1 Å². The fourth-order valence-corrected chi connectivity index (χ4v) is 2.05. The highest BCUT2D eigenvalue weighted by molar-refractivity contribution is 5.41. The number of fused-ring (bicyclic) bond motifs is 1. The number of rotatable bonds is 0. The molecule has 1 N–H and O–H groups in total. The molecule has 2 unspecified atom stereocenters. The summed E-state index contributed by atoms with van der Waals surface area (Å²) in [6.45, 7) is 3.91.